The molecule has 0 saturated heterocycles. The first kappa shape index (κ1) is 22.1. The number of anilines is 2. The largest absolute Gasteiger partial charge is 0.491 e. The molecule has 31 heavy (non-hydrogen) atoms. The lowest BCUT2D eigenvalue weighted by atomic mass is 10.2. The van der Waals surface area contributed by atoms with Crippen molar-refractivity contribution in [1.29, 1.82) is 0 Å². The molecule has 0 fully saturated rings. The summed E-state index contributed by atoms with van der Waals surface area (Å²) >= 11 is 1.30. The molecule has 4 N–H and O–H groups in total. The third kappa shape index (κ3) is 5.12. The molecule has 9 nitrogen and oxygen atoms in total. The van der Waals surface area contributed by atoms with E-state index in [1.807, 2.05) is 6.92 Å². The second-order valence-electron chi connectivity index (χ2n) is 6.21. The molecule has 0 aliphatic carbocycles. The summed E-state index contributed by atoms with van der Waals surface area (Å²) in [4.78, 5) is 13.3. The Labute approximate surface area is 183 Å². The van der Waals surface area contributed by atoms with Gasteiger partial charge in [0.2, 0.25) is 0 Å². The van der Waals surface area contributed by atoms with Gasteiger partial charge >= 0.3 is 6.01 Å². The molecule has 3 rings (SSSR count). The van der Waals surface area contributed by atoms with Crippen molar-refractivity contribution < 1.29 is 13.9 Å². The van der Waals surface area contributed by atoms with Gasteiger partial charge in [-0.1, -0.05) is 0 Å². The van der Waals surface area contributed by atoms with Crippen molar-refractivity contribution in [3.05, 3.63) is 47.7 Å². The lowest BCUT2D eigenvalue weighted by Crippen LogP contribution is -2.07. The molecule has 3 aromatic rings. The molecular weight excluding hydrogens is 421 g/mol. The molecule has 2 aromatic heterocycles. The lowest BCUT2D eigenvalue weighted by Gasteiger charge is -2.15. The van der Waals surface area contributed by atoms with Gasteiger partial charge in [-0.2, -0.15) is 15.1 Å². The van der Waals surface area contributed by atoms with E-state index >= 15 is 0 Å². The van der Waals surface area contributed by atoms with Crippen molar-refractivity contribution in [2.75, 3.05) is 25.7 Å². The molecule has 0 saturated carbocycles. The van der Waals surface area contributed by atoms with Gasteiger partial charge in [0, 0.05) is 47.8 Å². The van der Waals surface area contributed by atoms with Crippen molar-refractivity contribution in [3.63, 3.8) is 0 Å². The smallest absolute Gasteiger partial charge is 0.324 e. The summed E-state index contributed by atoms with van der Waals surface area (Å²) < 4.78 is 25.5. The van der Waals surface area contributed by atoms with Gasteiger partial charge in [-0.3, -0.25) is 10.1 Å². The van der Waals surface area contributed by atoms with Crippen LogP contribution in [-0.2, 0) is 0 Å². The predicted octanol–water partition coefficient (Wildman–Crippen LogP) is 3.91. The van der Waals surface area contributed by atoms with E-state index in [0.29, 0.717) is 33.5 Å². The monoisotopic (exact) mass is 443 g/mol. The summed E-state index contributed by atoms with van der Waals surface area (Å²) in [5, 5.41) is 10.1. The van der Waals surface area contributed by atoms with Crippen LogP contribution >= 0.6 is 11.8 Å². The standard InChI is InChI=1S/C20H22FN7O2S/c1-11-7-16(28-27-11)24-19-18(29-3)17(12(9-22)10-23-2)25-20(26-19)30-13-5-6-15(31-4)14(21)8-13/h5-10H,22H2,1-4H3,(H2,24,25,26,27,28)/b12-9+,23-10?. The van der Waals surface area contributed by atoms with E-state index < -0.39 is 5.82 Å². The summed E-state index contributed by atoms with van der Waals surface area (Å²) in [7, 11) is 3.09. The average Bonchev–Trinajstić information content (AvgIpc) is 3.16. The second kappa shape index (κ2) is 9.94. The minimum atomic E-state index is -0.398. The Morgan fingerprint density at radius 1 is 1.32 bits per heavy atom. The van der Waals surface area contributed by atoms with Crippen LogP contribution in [0, 0.1) is 12.7 Å². The number of benzene rings is 1. The van der Waals surface area contributed by atoms with Gasteiger partial charge in [-0.05, 0) is 25.3 Å². The normalized spacial score (nSPS) is 11.7. The number of halogens is 1. The first-order chi connectivity index (χ1) is 15.0. The van der Waals surface area contributed by atoms with Gasteiger partial charge in [-0.15, -0.1) is 11.8 Å². The molecule has 0 aliphatic rings. The number of nitrogens with one attached hydrogen (secondary N) is 2. The van der Waals surface area contributed by atoms with Crippen LogP contribution in [-0.4, -0.2) is 46.8 Å². The number of aromatic nitrogens is 4. The van der Waals surface area contributed by atoms with Gasteiger partial charge in [0.15, 0.2) is 17.4 Å². The van der Waals surface area contributed by atoms with E-state index in [0.717, 1.165) is 5.69 Å². The number of nitrogens with two attached hydrogens (primary N) is 1. The molecule has 0 spiro atoms. The number of H-pyrrole nitrogens is 1. The average molecular weight is 444 g/mol. The number of nitrogens with zero attached hydrogens (tertiary/aromatic N) is 4. The maximum Gasteiger partial charge on any atom is 0.324 e. The second-order valence-corrected chi connectivity index (χ2v) is 7.05. The number of aromatic amines is 1. The number of thioether (sulfide) groups is 1. The summed E-state index contributed by atoms with van der Waals surface area (Å²) in [6, 6.07) is 6.30. The number of ether oxygens (including phenoxy) is 2. The first-order valence-electron chi connectivity index (χ1n) is 9.10. The topological polar surface area (TPSA) is 123 Å². The van der Waals surface area contributed by atoms with E-state index in [1.54, 1.807) is 31.5 Å². The van der Waals surface area contributed by atoms with Crippen molar-refractivity contribution in [2.24, 2.45) is 10.7 Å². The van der Waals surface area contributed by atoms with Crippen LogP contribution in [0.25, 0.3) is 5.57 Å². The third-order valence-electron chi connectivity index (χ3n) is 4.06. The predicted molar refractivity (Wildman–Crippen MR) is 120 cm³/mol. The molecule has 0 bridgehead atoms. The maximum atomic E-state index is 14.2. The molecule has 11 heteroatoms. The summed E-state index contributed by atoms with van der Waals surface area (Å²) in [5.74, 6) is 0.969. The molecule has 0 radical (unpaired) electrons. The van der Waals surface area contributed by atoms with Gasteiger partial charge in [0.25, 0.3) is 0 Å². The molecular formula is C20H22FN7O2S. The highest BCUT2D eigenvalue weighted by atomic mass is 32.2. The van der Waals surface area contributed by atoms with E-state index in [1.165, 1.54) is 37.4 Å². The highest BCUT2D eigenvalue weighted by Gasteiger charge is 2.20. The van der Waals surface area contributed by atoms with E-state index in [9.17, 15) is 4.39 Å². The minimum Gasteiger partial charge on any atom is -0.491 e. The van der Waals surface area contributed by atoms with Crippen LogP contribution in [0.2, 0.25) is 0 Å². The van der Waals surface area contributed by atoms with Crippen molar-refractivity contribution in [1.82, 2.24) is 20.2 Å². The Morgan fingerprint density at radius 2 is 2.13 bits per heavy atom. The lowest BCUT2D eigenvalue weighted by molar-refractivity contribution is 0.399. The molecule has 0 unspecified atom stereocenters. The van der Waals surface area contributed by atoms with Gasteiger partial charge in [0.05, 0.1) is 7.11 Å². The first-order valence-corrected chi connectivity index (χ1v) is 10.3. The number of hydrogen-bond donors (Lipinski definition) is 3. The summed E-state index contributed by atoms with van der Waals surface area (Å²) in [6.07, 6.45) is 4.67. The van der Waals surface area contributed by atoms with Crippen LogP contribution in [0.4, 0.5) is 16.0 Å². The Balaban J connectivity index is 2.09. The molecule has 0 aliphatic heterocycles. The molecule has 0 amide bonds. The van der Waals surface area contributed by atoms with Crippen molar-refractivity contribution >= 4 is 35.2 Å². The zero-order chi connectivity index (χ0) is 22.4. The van der Waals surface area contributed by atoms with Crippen LogP contribution in [0.3, 0.4) is 0 Å². The van der Waals surface area contributed by atoms with E-state index in [4.69, 9.17) is 15.2 Å². The molecule has 162 valence electrons. The highest BCUT2D eigenvalue weighted by molar-refractivity contribution is 7.98. The number of aryl methyl sites for hydroxylation is 1. The minimum absolute atomic E-state index is 0.0364. The van der Waals surface area contributed by atoms with Crippen LogP contribution in [0.15, 0.2) is 40.4 Å². The maximum absolute atomic E-state index is 14.2. The van der Waals surface area contributed by atoms with Gasteiger partial charge in [0.1, 0.15) is 17.3 Å². The third-order valence-corrected chi connectivity index (χ3v) is 4.83. The van der Waals surface area contributed by atoms with Crippen molar-refractivity contribution in [3.8, 4) is 17.5 Å². The highest BCUT2D eigenvalue weighted by Crippen LogP contribution is 2.35. The van der Waals surface area contributed by atoms with Crippen LogP contribution < -0.4 is 20.5 Å². The number of methoxy groups -OCH3 is 1. The zero-order valence-corrected chi connectivity index (χ0v) is 18.2. The Hall–Kier alpha value is -3.60. The quantitative estimate of drug-likeness (QED) is 0.354. The summed E-state index contributed by atoms with van der Waals surface area (Å²) in [6.45, 7) is 1.87. The van der Waals surface area contributed by atoms with Crippen LogP contribution in [0.1, 0.15) is 11.4 Å². The number of aliphatic imine (C=N–C) groups is 1. The Kier molecular flexibility index (Phi) is 7.08. The molecule has 2 heterocycles. The zero-order valence-electron chi connectivity index (χ0n) is 17.4. The Morgan fingerprint density at radius 3 is 2.71 bits per heavy atom. The molecule has 1 aromatic carbocycles. The fourth-order valence-electron chi connectivity index (χ4n) is 2.69. The molecule has 0 atom stereocenters. The fraction of sp³-hybridized carbons (Fsp3) is 0.200. The number of hydrogen-bond acceptors (Lipinski definition) is 9. The SMILES string of the molecule is CN=C/C(=C\N)c1nc(Oc2ccc(SC)c(F)c2)nc(Nc2cc(C)[nH]n2)c1OC. The van der Waals surface area contributed by atoms with E-state index in [2.05, 4.69) is 30.5 Å². The number of rotatable bonds is 8. The summed E-state index contributed by atoms with van der Waals surface area (Å²) in [5.41, 5.74) is 7.46. The fourth-order valence-corrected chi connectivity index (χ4v) is 3.15. The number of allylic oxidation sites excluding steroid dienone is 1. The van der Waals surface area contributed by atoms with Gasteiger partial charge in [-0.25, -0.2) is 4.39 Å². The van der Waals surface area contributed by atoms with Crippen LogP contribution in [0.5, 0.6) is 17.5 Å². The van der Waals surface area contributed by atoms with Crippen molar-refractivity contribution in [2.45, 2.75) is 11.8 Å². The van der Waals surface area contributed by atoms with E-state index in [-0.39, 0.29) is 11.8 Å². The Bertz CT molecular complexity index is 1130. The van der Waals surface area contributed by atoms with Gasteiger partial charge < -0.3 is 20.5 Å².